The van der Waals surface area contributed by atoms with Gasteiger partial charge in [0.2, 0.25) is 5.88 Å². The van der Waals surface area contributed by atoms with Gasteiger partial charge in [0.05, 0.1) is 24.9 Å². The molecule has 1 saturated carbocycles. The van der Waals surface area contributed by atoms with Gasteiger partial charge in [0.1, 0.15) is 11.4 Å². The number of likely N-dealkylation sites (N-methyl/N-ethyl adjacent to an activating group) is 1. The van der Waals surface area contributed by atoms with Crippen molar-refractivity contribution in [2.24, 2.45) is 0 Å². The first kappa shape index (κ1) is 37.7. The molecule has 3 N–H and O–H groups in total. The third-order valence-electron chi connectivity index (χ3n) is 12.6. The lowest BCUT2D eigenvalue weighted by atomic mass is 9.91. The number of pyridine rings is 1. The Morgan fingerprint density at radius 2 is 1.75 bits per heavy atom. The Kier molecular flexibility index (Phi) is 10.4. The molecule has 0 bridgehead atoms. The molecule has 294 valence electrons. The van der Waals surface area contributed by atoms with Crippen LogP contribution in [0.1, 0.15) is 73.2 Å². The topological polar surface area (TPSA) is 128 Å². The number of carbonyl (C=O) groups excluding carboxylic acids is 3. The number of benzene rings is 2. The van der Waals surface area contributed by atoms with Gasteiger partial charge in [-0.1, -0.05) is 30.3 Å². The largest absolute Gasteiger partial charge is 0.481 e. The van der Waals surface area contributed by atoms with Gasteiger partial charge < -0.3 is 30.3 Å². The van der Waals surface area contributed by atoms with Gasteiger partial charge in [-0.15, -0.1) is 0 Å². The highest BCUT2D eigenvalue weighted by Gasteiger charge is 2.45. The molecule has 2 atom stereocenters. The molecule has 2 saturated heterocycles. The van der Waals surface area contributed by atoms with E-state index in [9.17, 15) is 14.4 Å². The predicted molar refractivity (Wildman–Crippen MR) is 216 cm³/mol. The van der Waals surface area contributed by atoms with Crippen LogP contribution in [0.2, 0.25) is 0 Å². The molecule has 2 aliphatic carbocycles. The Labute approximate surface area is 329 Å². The molecule has 4 heterocycles. The van der Waals surface area contributed by atoms with Gasteiger partial charge >= 0.3 is 6.03 Å². The monoisotopic (exact) mass is 759 g/mol. The summed E-state index contributed by atoms with van der Waals surface area (Å²) in [5.74, 6) is 0.776. The second-order valence-electron chi connectivity index (χ2n) is 15.9. The summed E-state index contributed by atoms with van der Waals surface area (Å²) in [6.07, 6.45) is 9.60. The maximum Gasteiger partial charge on any atom is 0.315 e. The molecule has 56 heavy (non-hydrogen) atoms. The van der Waals surface area contributed by atoms with Crippen molar-refractivity contribution in [1.29, 1.82) is 0 Å². The summed E-state index contributed by atoms with van der Waals surface area (Å²) < 4.78 is 11.4. The molecule has 8 rings (SSSR count). The van der Waals surface area contributed by atoms with E-state index < -0.39 is 5.91 Å². The van der Waals surface area contributed by atoms with E-state index in [0.29, 0.717) is 31.3 Å². The number of methoxy groups -OCH3 is 2. The summed E-state index contributed by atoms with van der Waals surface area (Å²) in [6, 6.07) is 14.5. The minimum Gasteiger partial charge on any atom is -0.481 e. The molecule has 12 heteroatoms. The standard InChI is InChI=1S/C44H53N7O5/c1-27-31(32-13-9-15-35(28(32)2)46-39(52)34-25-50(22-23-55-4)41(49(3)42(34)53)29-10-6-7-11-29)12-8-14-33(27)36-24-30-16-17-37(38(30)40(47-36)56-5)51-21-19-44(26-51)18-20-45-43(54)48-44/h8-9,12-15,24-25,37H,6-7,10-11,16-23,26H2,1-5H3,(H,46,52)(H2,45,48,54)/t37-,44+/m0/s1. The third kappa shape index (κ3) is 6.83. The van der Waals surface area contributed by atoms with Gasteiger partial charge in [-0.05, 0) is 111 Å². The molecule has 5 aliphatic rings. The highest BCUT2D eigenvalue weighted by atomic mass is 16.5. The molecule has 0 unspecified atom stereocenters. The Morgan fingerprint density at radius 1 is 1.00 bits per heavy atom. The maximum atomic E-state index is 13.9. The van der Waals surface area contributed by atoms with Crippen LogP contribution in [-0.2, 0) is 20.7 Å². The second-order valence-corrected chi connectivity index (χ2v) is 15.9. The summed E-state index contributed by atoms with van der Waals surface area (Å²) in [6.45, 7) is 7.58. The zero-order chi connectivity index (χ0) is 39.1. The van der Waals surface area contributed by atoms with E-state index >= 15 is 0 Å². The quantitative estimate of drug-likeness (QED) is 0.220. The Hall–Kier alpha value is -5.20. The smallest absolute Gasteiger partial charge is 0.315 e. The van der Waals surface area contributed by atoms with Crippen molar-refractivity contribution in [1.82, 2.24) is 30.3 Å². The fraction of sp³-hybridized carbons (Fsp3) is 0.455. The summed E-state index contributed by atoms with van der Waals surface area (Å²) in [4.78, 5) is 51.0. The third-order valence-corrected chi connectivity index (χ3v) is 12.6. The van der Waals surface area contributed by atoms with Crippen molar-refractivity contribution in [2.45, 2.75) is 76.8 Å². The van der Waals surface area contributed by atoms with Crippen LogP contribution < -0.4 is 20.7 Å². The number of likely N-dealkylation sites (tertiary alicyclic amines) is 1. The van der Waals surface area contributed by atoms with Gasteiger partial charge in [-0.3, -0.25) is 19.4 Å². The van der Waals surface area contributed by atoms with E-state index in [2.05, 4.69) is 58.1 Å². The zero-order valence-electron chi connectivity index (χ0n) is 33.2. The number of hydrogen-bond donors (Lipinski definition) is 3. The molecule has 1 spiro atoms. The number of urea groups is 1. The first-order valence-electron chi connectivity index (χ1n) is 20.0. The van der Waals surface area contributed by atoms with Gasteiger partial charge in [-0.2, -0.15) is 0 Å². The summed E-state index contributed by atoms with van der Waals surface area (Å²) in [5, 5.41) is 9.20. The molecule has 2 aromatic carbocycles. The lowest BCUT2D eigenvalue weighted by Gasteiger charge is -2.36. The number of fused-ring (bicyclic) bond motifs is 1. The molecule has 3 aliphatic heterocycles. The fourth-order valence-electron chi connectivity index (χ4n) is 9.66. The molecule has 4 amide bonds. The van der Waals surface area contributed by atoms with Crippen LogP contribution >= 0.6 is 0 Å². The van der Waals surface area contributed by atoms with Crippen molar-refractivity contribution in [2.75, 3.05) is 59.4 Å². The van der Waals surface area contributed by atoms with Gasteiger partial charge in [0.15, 0.2) is 0 Å². The highest BCUT2D eigenvalue weighted by Crippen LogP contribution is 2.46. The SMILES string of the molecule is COCCN1C=C(C(=O)Nc2cccc(-c3cccc(-c4cc5c(c(OC)n4)[C@@H](N4CC[C@]6(CCNC(=O)N6)C4)CC5)c3C)c2C)C(=O)N(C)C1=C1CCCC1. The molecule has 12 nitrogen and oxygen atoms in total. The Balaban J connectivity index is 1.05. The fourth-order valence-corrected chi connectivity index (χ4v) is 9.66. The van der Waals surface area contributed by atoms with Crippen molar-refractivity contribution in [3.8, 4) is 28.3 Å². The average Bonchev–Trinajstić information content (AvgIpc) is 3.97. The number of hydrogen-bond acceptors (Lipinski definition) is 8. The summed E-state index contributed by atoms with van der Waals surface area (Å²) in [5.41, 5.74) is 10.1. The number of nitrogens with one attached hydrogen (secondary N) is 3. The van der Waals surface area contributed by atoms with Crippen LogP contribution in [0.3, 0.4) is 0 Å². The number of allylic oxidation sites excluding steroid dienone is 1. The number of aromatic nitrogens is 1. The van der Waals surface area contributed by atoms with E-state index in [1.807, 2.05) is 24.0 Å². The molecule has 0 radical (unpaired) electrons. The number of anilines is 1. The summed E-state index contributed by atoms with van der Waals surface area (Å²) >= 11 is 0. The van der Waals surface area contributed by atoms with Crippen LogP contribution in [0.4, 0.5) is 10.5 Å². The Bertz CT molecular complexity index is 2140. The lowest BCUT2D eigenvalue weighted by Crippen LogP contribution is -2.59. The number of ether oxygens (including phenoxy) is 2. The molecular formula is C44H53N7O5. The van der Waals surface area contributed by atoms with Crippen LogP contribution in [-0.4, -0.2) is 97.1 Å². The first-order chi connectivity index (χ1) is 27.1. The average molecular weight is 760 g/mol. The molecular weight excluding hydrogens is 707 g/mol. The van der Waals surface area contributed by atoms with Crippen molar-refractivity contribution in [3.05, 3.63) is 87.9 Å². The number of carbonyl (C=O) groups is 3. The number of aryl methyl sites for hydroxylation is 1. The lowest BCUT2D eigenvalue weighted by molar-refractivity contribution is -0.128. The minimum absolute atomic E-state index is 0.0731. The van der Waals surface area contributed by atoms with E-state index in [1.54, 1.807) is 32.4 Å². The first-order valence-corrected chi connectivity index (χ1v) is 20.0. The minimum atomic E-state index is -0.442. The predicted octanol–water partition coefficient (Wildman–Crippen LogP) is 6.20. The van der Waals surface area contributed by atoms with Crippen molar-refractivity contribution in [3.63, 3.8) is 0 Å². The summed E-state index contributed by atoms with van der Waals surface area (Å²) in [7, 11) is 5.11. The normalized spacial score (nSPS) is 22.4. The Morgan fingerprint density at radius 3 is 2.50 bits per heavy atom. The van der Waals surface area contributed by atoms with E-state index in [1.165, 1.54) is 11.1 Å². The molecule has 3 fully saturated rings. The molecule has 3 aromatic rings. The van der Waals surface area contributed by atoms with Gasteiger partial charge in [-0.25, -0.2) is 9.78 Å². The highest BCUT2D eigenvalue weighted by molar-refractivity contribution is 6.23. The number of amides is 4. The molecule has 1 aromatic heterocycles. The van der Waals surface area contributed by atoms with E-state index in [4.69, 9.17) is 14.5 Å². The van der Waals surface area contributed by atoms with Crippen molar-refractivity contribution >= 4 is 23.5 Å². The zero-order valence-corrected chi connectivity index (χ0v) is 33.2. The van der Waals surface area contributed by atoms with Crippen LogP contribution in [0.25, 0.3) is 22.4 Å². The van der Waals surface area contributed by atoms with Crippen LogP contribution in [0, 0.1) is 13.8 Å². The van der Waals surface area contributed by atoms with E-state index in [0.717, 1.165) is 109 Å². The second kappa shape index (κ2) is 15.4. The number of rotatable bonds is 9. The number of nitrogens with zero attached hydrogens (tertiary/aromatic N) is 4. The van der Waals surface area contributed by atoms with Crippen molar-refractivity contribution < 1.29 is 23.9 Å². The van der Waals surface area contributed by atoms with Gasteiger partial charge in [0, 0.05) is 69.4 Å². The van der Waals surface area contributed by atoms with Crippen LogP contribution in [0.5, 0.6) is 5.88 Å². The van der Waals surface area contributed by atoms with E-state index in [-0.39, 0.29) is 29.1 Å². The van der Waals surface area contributed by atoms with Crippen LogP contribution in [0.15, 0.2) is 65.6 Å². The van der Waals surface area contributed by atoms with Gasteiger partial charge in [0.25, 0.3) is 11.8 Å². The maximum absolute atomic E-state index is 13.9.